The minimum atomic E-state index is -3.64. The average molecular weight is 436 g/mol. The van der Waals surface area contributed by atoms with Gasteiger partial charge in [-0.25, -0.2) is 13.1 Å². The molecule has 0 aromatic heterocycles. The molecule has 1 aromatic rings. The number of rotatable bonds is 5. The van der Waals surface area contributed by atoms with Crippen LogP contribution in [0.4, 0.5) is 0 Å². The second-order valence-corrected chi connectivity index (χ2v) is 8.73. The van der Waals surface area contributed by atoms with Crippen LogP contribution in [0.25, 0.3) is 0 Å². The van der Waals surface area contributed by atoms with Crippen molar-refractivity contribution >= 4 is 38.5 Å². The second kappa shape index (κ2) is 7.74. The Balaban J connectivity index is 1.88. The molecule has 0 heterocycles. The van der Waals surface area contributed by atoms with E-state index in [-0.39, 0.29) is 23.4 Å². The Morgan fingerprint density at radius 3 is 2.50 bits per heavy atom. The third kappa shape index (κ3) is 4.92. The molecule has 0 spiro atoms. The number of halogens is 1. The summed E-state index contributed by atoms with van der Waals surface area (Å²) in [7, 11) is -3.64. The van der Waals surface area contributed by atoms with E-state index in [1.54, 1.807) is 12.1 Å². The summed E-state index contributed by atoms with van der Waals surface area (Å²) in [4.78, 5) is 12.1. The van der Waals surface area contributed by atoms with Crippen molar-refractivity contribution in [3.05, 3.63) is 27.8 Å². The highest BCUT2D eigenvalue weighted by atomic mass is 127. The van der Waals surface area contributed by atoms with Gasteiger partial charge in [-0.1, -0.05) is 19.8 Å². The van der Waals surface area contributed by atoms with E-state index >= 15 is 0 Å². The standard InChI is InChI=1S/C15H21IN2O3S/c1-11-4-2-3-5-14(11)18-15(19)10-17-22(20,21)13-8-6-12(16)7-9-13/h6-9,11,14,17H,2-5,10H2,1H3,(H,18,19). The Labute approximate surface area is 145 Å². The van der Waals surface area contributed by atoms with Crippen molar-refractivity contribution in [2.45, 2.75) is 43.5 Å². The quantitative estimate of drug-likeness (QED) is 0.696. The lowest BCUT2D eigenvalue weighted by Crippen LogP contribution is -2.45. The normalized spacial score (nSPS) is 22.3. The summed E-state index contributed by atoms with van der Waals surface area (Å²) in [5.41, 5.74) is 0. The summed E-state index contributed by atoms with van der Waals surface area (Å²) in [6.07, 6.45) is 4.40. The number of carbonyl (C=O) groups excluding carboxylic acids is 1. The monoisotopic (exact) mass is 436 g/mol. The molecule has 122 valence electrons. The zero-order valence-electron chi connectivity index (χ0n) is 12.5. The minimum absolute atomic E-state index is 0.157. The first kappa shape index (κ1) is 17.7. The first-order valence-corrected chi connectivity index (χ1v) is 9.99. The zero-order chi connectivity index (χ0) is 16.2. The number of sulfonamides is 1. The van der Waals surface area contributed by atoms with Gasteiger partial charge >= 0.3 is 0 Å². The van der Waals surface area contributed by atoms with Crippen molar-refractivity contribution in [1.29, 1.82) is 0 Å². The summed E-state index contributed by atoms with van der Waals surface area (Å²) in [6.45, 7) is 1.90. The molecule has 2 atom stereocenters. The molecule has 5 nitrogen and oxygen atoms in total. The summed E-state index contributed by atoms with van der Waals surface area (Å²) in [5.74, 6) is 0.179. The molecule has 22 heavy (non-hydrogen) atoms. The van der Waals surface area contributed by atoms with Crippen LogP contribution in [0.3, 0.4) is 0 Å². The highest BCUT2D eigenvalue weighted by Crippen LogP contribution is 2.23. The first-order valence-electron chi connectivity index (χ1n) is 7.43. The van der Waals surface area contributed by atoms with Crippen molar-refractivity contribution < 1.29 is 13.2 Å². The number of nitrogens with one attached hydrogen (secondary N) is 2. The van der Waals surface area contributed by atoms with Crippen LogP contribution < -0.4 is 10.0 Å². The van der Waals surface area contributed by atoms with Gasteiger partial charge in [0.1, 0.15) is 0 Å². The largest absolute Gasteiger partial charge is 0.352 e. The summed E-state index contributed by atoms with van der Waals surface area (Å²) >= 11 is 2.11. The first-order chi connectivity index (χ1) is 10.4. The van der Waals surface area contributed by atoms with Crippen LogP contribution in [-0.4, -0.2) is 26.9 Å². The fourth-order valence-corrected chi connectivity index (χ4v) is 3.99. The molecule has 2 N–H and O–H groups in total. The van der Waals surface area contributed by atoms with Gasteiger partial charge < -0.3 is 5.32 Å². The van der Waals surface area contributed by atoms with E-state index < -0.39 is 10.0 Å². The van der Waals surface area contributed by atoms with E-state index in [0.717, 1.165) is 22.8 Å². The van der Waals surface area contributed by atoms with E-state index in [0.29, 0.717) is 5.92 Å². The third-order valence-corrected chi connectivity index (χ3v) is 6.14. The van der Waals surface area contributed by atoms with Crippen molar-refractivity contribution in [3.8, 4) is 0 Å². The molecule has 1 aromatic carbocycles. The number of hydrogen-bond donors (Lipinski definition) is 2. The molecule has 0 saturated heterocycles. The Bertz CT molecular complexity index is 616. The highest BCUT2D eigenvalue weighted by molar-refractivity contribution is 14.1. The van der Waals surface area contributed by atoms with Crippen LogP contribution in [0.5, 0.6) is 0 Å². The lowest BCUT2D eigenvalue weighted by molar-refractivity contribution is -0.121. The lowest BCUT2D eigenvalue weighted by Gasteiger charge is -2.29. The number of carbonyl (C=O) groups is 1. The molecule has 0 bridgehead atoms. The molecular weight excluding hydrogens is 415 g/mol. The fourth-order valence-electron chi connectivity index (χ4n) is 2.65. The number of hydrogen-bond acceptors (Lipinski definition) is 3. The molecule has 2 rings (SSSR count). The van der Waals surface area contributed by atoms with E-state index in [9.17, 15) is 13.2 Å². The summed E-state index contributed by atoms with van der Waals surface area (Å²) in [6, 6.07) is 6.66. The second-order valence-electron chi connectivity index (χ2n) is 5.71. The maximum Gasteiger partial charge on any atom is 0.241 e. The smallest absolute Gasteiger partial charge is 0.241 e. The predicted molar refractivity (Wildman–Crippen MR) is 93.9 cm³/mol. The molecule has 1 saturated carbocycles. The summed E-state index contributed by atoms with van der Waals surface area (Å²) < 4.78 is 27.5. The van der Waals surface area contributed by atoms with E-state index in [1.807, 2.05) is 0 Å². The van der Waals surface area contributed by atoms with Crippen molar-refractivity contribution in [2.24, 2.45) is 5.92 Å². The van der Waals surface area contributed by atoms with Crippen LogP contribution in [0.1, 0.15) is 32.6 Å². The topological polar surface area (TPSA) is 75.3 Å². The van der Waals surface area contributed by atoms with Crippen molar-refractivity contribution in [1.82, 2.24) is 10.0 Å². The highest BCUT2D eigenvalue weighted by Gasteiger charge is 2.23. The van der Waals surface area contributed by atoms with Gasteiger partial charge in [0.25, 0.3) is 0 Å². The van der Waals surface area contributed by atoms with Crippen LogP contribution in [-0.2, 0) is 14.8 Å². The minimum Gasteiger partial charge on any atom is -0.352 e. The lowest BCUT2D eigenvalue weighted by atomic mass is 9.86. The average Bonchev–Trinajstić information content (AvgIpc) is 2.48. The van der Waals surface area contributed by atoms with Gasteiger partial charge in [0.05, 0.1) is 11.4 Å². The van der Waals surface area contributed by atoms with Crippen LogP contribution >= 0.6 is 22.6 Å². The van der Waals surface area contributed by atoms with Gasteiger partial charge in [-0.3, -0.25) is 4.79 Å². The molecule has 1 aliphatic rings. The van der Waals surface area contributed by atoms with Crippen LogP contribution in [0, 0.1) is 9.49 Å². The number of amides is 1. The molecule has 1 amide bonds. The zero-order valence-corrected chi connectivity index (χ0v) is 15.5. The Morgan fingerprint density at radius 2 is 1.86 bits per heavy atom. The number of benzene rings is 1. The van der Waals surface area contributed by atoms with Gasteiger partial charge in [0.15, 0.2) is 0 Å². The predicted octanol–water partition coefficient (Wildman–Crippen LogP) is 2.26. The maximum atomic E-state index is 12.1. The van der Waals surface area contributed by atoms with E-state index in [1.165, 1.54) is 18.6 Å². The molecule has 0 aliphatic heterocycles. The Hall–Kier alpha value is -0.670. The van der Waals surface area contributed by atoms with E-state index in [2.05, 4.69) is 39.6 Å². The Morgan fingerprint density at radius 1 is 1.23 bits per heavy atom. The van der Waals surface area contributed by atoms with Gasteiger partial charge in [0, 0.05) is 9.61 Å². The Kier molecular flexibility index (Phi) is 6.22. The third-order valence-electron chi connectivity index (χ3n) is 4.00. The molecule has 7 heteroatoms. The van der Waals surface area contributed by atoms with Gasteiger partial charge in [-0.15, -0.1) is 0 Å². The molecule has 1 fully saturated rings. The van der Waals surface area contributed by atoms with Crippen molar-refractivity contribution in [2.75, 3.05) is 6.54 Å². The van der Waals surface area contributed by atoms with E-state index in [4.69, 9.17) is 0 Å². The van der Waals surface area contributed by atoms with Crippen LogP contribution in [0.15, 0.2) is 29.2 Å². The summed E-state index contributed by atoms with van der Waals surface area (Å²) in [5, 5.41) is 2.93. The fraction of sp³-hybridized carbons (Fsp3) is 0.533. The maximum absolute atomic E-state index is 12.1. The molecule has 1 aliphatic carbocycles. The van der Waals surface area contributed by atoms with Gasteiger partial charge in [-0.2, -0.15) is 0 Å². The molecular formula is C15H21IN2O3S. The van der Waals surface area contributed by atoms with Crippen molar-refractivity contribution in [3.63, 3.8) is 0 Å². The van der Waals surface area contributed by atoms with Gasteiger partial charge in [-0.05, 0) is 65.6 Å². The molecule has 2 unspecified atom stereocenters. The van der Waals surface area contributed by atoms with Gasteiger partial charge in [0.2, 0.25) is 15.9 Å². The van der Waals surface area contributed by atoms with Crippen LogP contribution in [0.2, 0.25) is 0 Å². The SMILES string of the molecule is CC1CCCCC1NC(=O)CNS(=O)(=O)c1ccc(I)cc1. The molecule has 0 radical (unpaired) electrons.